The first-order valence-corrected chi connectivity index (χ1v) is 6.34. The lowest BCUT2D eigenvalue weighted by molar-refractivity contribution is 0.548. The van der Waals surface area contributed by atoms with Crippen LogP contribution in [-0.4, -0.2) is 14.8 Å². The quantitative estimate of drug-likeness (QED) is 0.939. The molecule has 1 aromatic carbocycles. The molecule has 0 aliphatic carbocycles. The van der Waals surface area contributed by atoms with E-state index in [1.54, 1.807) is 12.4 Å². The van der Waals surface area contributed by atoms with E-state index in [1.807, 2.05) is 23.7 Å². The van der Waals surface area contributed by atoms with Crippen LogP contribution in [0.25, 0.3) is 0 Å². The number of nitrogens with one attached hydrogen (secondary N) is 1. The molecular weight excluding hydrogens is 271 g/mol. The van der Waals surface area contributed by atoms with Gasteiger partial charge in [-0.25, -0.2) is 0 Å². The van der Waals surface area contributed by atoms with Gasteiger partial charge in [0.2, 0.25) is 0 Å². The fourth-order valence-electron chi connectivity index (χ4n) is 1.61. The first-order valence-electron chi connectivity index (χ1n) is 5.59. The summed E-state index contributed by atoms with van der Waals surface area (Å²) >= 11 is 11.9. The molecule has 2 aromatic rings. The predicted molar refractivity (Wildman–Crippen MR) is 72.7 cm³/mol. The molecule has 96 valence electrons. The summed E-state index contributed by atoms with van der Waals surface area (Å²) in [6.45, 7) is 2.72. The van der Waals surface area contributed by atoms with Gasteiger partial charge in [0.25, 0.3) is 0 Å². The maximum Gasteiger partial charge on any atom is 0.146 e. The third-order valence-electron chi connectivity index (χ3n) is 2.82. The van der Waals surface area contributed by atoms with Crippen LogP contribution in [0.15, 0.2) is 24.5 Å². The maximum atomic E-state index is 6.00. The van der Waals surface area contributed by atoms with Crippen molar-refractivity contribution in [3.05, 3.63) is 46.0 Å². The molecule has 1 N–H and O–H groups in total. The zero-order valence-corrected chi connectivity index (χ0v) is 11.7. The van der Waals surface area contributed by atoms with Crippen molar-refractivity contribution in [1.82, 2.24) is 20.1 Å². The summed E-state index contributed by atoms with van der Waals surface area (Å²) in [5.41, 5.74) is 1.09. The van der Waals surface area contributed by atoms with Crippen molar-refractivity contribution in [1.29, 1.82) is 0 Å². The van der Waals surface area contributed by atoms with Gasteiger partial charge in [-0.3, -0.25) is 0 Å². The number of aromatic nitrogens is 3. The number of hydrogen-bond acceptors (Lipinski definition) is 3. The Kier molecular flexibility index (Phi) is 4.22. The topological polar surface area (TPSA) is 42.7 Å². The van der Waals surface area contributed by atoms with Gasteiger partial charge < -0.3 is 9.88 Å². The van der Waals surface area contributed by atoms with E-state index in [1.165, 1.54) is 0 Å². The van der Waals surface area contributed by atoms with Gasteiger partial charge in [0.15, 0.2) is 0 Å². The molecule has 2 rings (SSSR count). The van der Waals surface area contributed by atoms with Gasteiger partial charge in [-0.1, -0.05) is 29.3 Å². The van der Waals surface area contributed by atoms with E-state index in [-0.39, 0.29) is 6.04 Å². The smallest absolute Gasteiger partial charge is 0.146 e. The molecule has 1 aromatic heterocycles. The van der Waals surface area contributed by atoms with Crippen LogP contribution in [-0.2, 0) is 13.6 Å². The number of benzene rings is 1. The Hall–Kier alpha value is -1.10. The summed E-state index contributed by atoms with van der Waals surface area (Å²) in [6.07, 6.45) is 1.68. The molecular formula is C12H14Cl2N4. The van der Waals surface area contributed by atoms with Crippen LogP contribution < -0.4 is 5.32 Å². The highest BCUT2D eigenvalue weighted by molar-refractivity contribution is 6.42. The minimum absolute atomic E-state index is 0.163. The third kappa shape index (κ3) is 3.02. The van der Waals surface area contributed by atoms with Gasteiger partial charge in [0.05, 0.1) is 16.6 Å². The van der Waals surface area contributed by atoms with E-state index >= 15 is 0 Å². The molecule has 1 atom stereocenters. The summed E-state index contributed by atoms with van der Waals surface area (Å²) in [4.78, 5) is 0. The van der Waals surface area contributed by atoms with E-state index in [0.29, 0.717) is 16.6 Å². The summed E-state index contributed by atoms with van der Waals surface area (Å²) in [5.74, 6) is 0.891. The molecule has 0 amide bonds. The highest BCUT2D eigenvalue weighted by Crippen LogP contribution is 2.25. The van der Waals surface area contributed by atoms with Crippen LogP contribution in [0, 0.1) is 0 Å². The first-order chi connectivity index (χ1) is 8.58. The number of hydrogen-bond donors (Lipinski definition) is 1. The van der Waals surface area contributed by atoms with E-state index in [0.717, 1.165) is 11.4 Å². The number of rotatable bonds is 4. The van der Waals surface area contributed by atoms with E-state index < -0.39 is 0 Å². The van der Waals surface area contributed by atoms with Crippen LogP contribution >= 0.6 is 23.2 Å². The highest BCUT2D eigenvalue weighted by atomic mass is 35.5. The summed E-state index contributed by atoms with van der Waals surface area (Å²) in [7, 11) is 1.92. The highest BCUT2D eigenvalue weighted by Gasteiger charge is 2.08. The molecule has 0 radical (unpaired) electrons. The second-order valence-corrected chi connectivity index (χ2v) is 4.95. The van der Waals surface area contributed by atoms with E-state index in [2.05, 4.69) is 22.4 Å². The SMILES string of the molecule is CC(NCc1nncn1C)c1ccc(Cl)c(Cl)c1. The Morgan fingerprint density at radius 2 is 2.11 bits per heavy atom. The van der Waals surface area contributed by atoms with Crippen molar-refractivity contribution >= 4 is 23.2 Å². The lowest BCUT2D eigenvalue weighted by Gasteiger charge is -2.14. The molecule has 1 heterocycles. The average Bonchev–Trinajstić information content (AvgIpc) is 2.75. The van der Waals surface area contributed by atoms with Gasteiger partial charge in [-0.05, 0) is 24.6 Å². The summed E-state index contributed by atoms with van der Waals surface area (Å²) < 4.78 is 1.88. The molecule has 1 unspecified atom stereocenters. The molecule has 0 spiro atoms. The van der Waals surface area contributed by atoms with Gasteiger partial charge >= 0.3 is 0 Å². The van der Waals surface area contributed by atoms with Gasteiger partial charge in [-0.15, -0.1) is 10.2 Å². The Balaban J connectivity index is 2.01. The standard InChI is InChI=1S/C12H14Cl2N4/c1-8(9-3-4-10(13)11(14)5-9)15-6-12-17-16-7-18(12)2/h3-5,7-8,15H,6H2,1-2H3. The predicted octanol–water partition coefficient (Wildman–Crippen LogP) is 2.97. The second-order valence-electron chi connectivity index (χ2n) is 4.13. The lowest BCUT2D eigenvalue weighted by atomic mass is 10.1. The second kappa shape index (κ2) is 5.69. The fraction of sp³-hybridized carbons (Fsp3) is 0.333. The minimum atomic E-state index is 0.163. The van der Waals surface area contributed by atoms with Crippen molar-refractivity contribution in [3.8, 4) is 0 Å². The Bertz CT molecular complexity index is 539. The summed E-state index contributed by atoms with van der Waals surface area (Å²) in [5, 5.41) is 12.4. The Morgan fingerprint density at radius 1 is 1.33 bits per heavy atom. The molecule has 0 saturated carbocycles. The Morgan fingerprint density at radius 3 is 2.72 bits per heavy atom. The van der Waals surface area contributed by atoms with E-state index in [9.17, 15) is 0 Å². The van der Waals surface area contributed by atoms with Crippen molar-refractivity contribution in [3.63, 3.8) is 0 Å². The van der Waals surface area contributed by atoms with Crippen LogP contribution in [0.3, 0.4) is 0 Å². The molecule has 0 saturated heterocycles. The largest absolute Gasteiger partial charge is 0.320 e. The van der Waals surface area contributed by atoms with Crippen molar-refractivity contribution in [2.24, 2.45) is 7.05 Å². The van der Waals surface area contributed by atoms with Crippen molar-refractivity contribution in [2.75, 3.05) is 0 Å². The molecule has 4 nitrogen and oxygen atoms in total. The zero-order chi connectivity index (χ0) is 13.1. The first kappa shape index (κ1) is 13.3. The molecule has 18 heavy (non-hydrogen) atoms. The van der Waals surface area contributed by atoms with E-state index in [4.69, 9.17) is 23.2 Å². The number of nitrogens with zero attached hydrogens (tertiary/aromatic N) is 3. The molecule has 0 bridgehead atoms. The minimum Gasteiger partial charge on any atom is -0.320 e. The zero-order valence-electron chi connectivity index (χ0n) is 10.2. The average molecular weight is 285 g/mol. The third-order valence-corrected chi connectivity index (χ3v) is 3.55. The van der Waals surface area contributed by atoms with Crippen LogP contribution in [0.5, 0.6) is 0 Å². The van der Waals surface area contributed by atoms with Gasteiger partial charge in [0.1, 0.15) is 12.2 Å². The van der Waals surface area contributed by atoms with Crippen LogP contribution in [0.2, 0.25) is 10.0 Å². The number of aryl methyl sites for hydroxylation is 1. The summed E-state index contributed by atoms with van der Waals surface area (Å²) in [6, 6.07) is 5.80. The fourth-order valence-corrected chi connectivity index (χ4v) is 1.92. The lowest BCUT2D eigenvalue weighted by Crippen LogP contribution is -2.20. The van der Waals surface area contributed by atoms with Gasteiger partial charge in [0, 0.05) is 13.1 Å². The van der Waals surface area contributed by atoms with Crippen LogP contribution in [0.1, 0.15) is 24.4 Å². The molecule has 0 fully saturated rings. The van der Waals surface area contributed by atoms with Crippen molar-refractivity contribution in [2.45, 2.75) is 19.5 Å². The number of halogens is 2. The molecule has 0 aliphatic heterocycles. The monoisotopic (exact) mass is 284 g/mol. The maximum absolute atomic E-state index is 6.00. The van der Waals surface area contributed by atoms with Crippen molar-refractivity contribution < 1.29 is 0 Å². The van der Waals surface area contributed by atoms with Crippen LogP contribution in [0.4, 0.5) is 0 Å². The Labute approximate surface area is 116 Å². The van der Waals surface area contributed by atoms with Gasteiger partial charge in [-0.2, -0.15) is 0 Å². The molecule has 0 aliphatic rings. The normalized spacial score (nSPS) is 12.7. The molecule has 6 heteroatoms.